The fourth-order valence-corrected chi connectivity index (χ4v) is 7.44. The van der Waals surface area contributed by atoms with Crippen molar-refractivity contribution in [1.29, 1.82) is 0 Å². The van der Waals surface area contributed by atoms with E-state index in [2.05, 4.69) is 130 Å². The van der Waals surface area contributed by atoms with Crippen molar-refractivity contribution >= 4 is 33.3 Å². The fraction of sp³-hybridized carbons (Fsp3) is 0.139. The number of nitrogens with zero attached hydrogens (tertiary/aromatic N) is 1. The molecule has 0 radical (unpaired) electrons. The van der Waals surface area contributed by atoms with Gasteiger partial charge in [-0.1, -0.05) is 104 Å². The van der Waals surface area contributed by atoms with E-state index in [9.17, 15) is 0 Å². The molecule has 0 N–H and O–H groups in total. The molecule has 0 saturated carbocycles. The van der Waals surface area contributed by atoms with E-state index in [1.165, 1.54) is 75.8 Å². The number of fused-ring (bicyclic) bond motifs is 5. The van der Waals surface area contributed by atoms with Gasteiger partial charge in [0.05, 0.1) is 0 Å². The van der Waals surface area contributed by atoms with Crippen molar-refractivity contribution in [1.82, 2.24) is 4.98 Å². The van der Waals surface area contributed by atoms with E-state index in [0.717, 1.165) is 0 Å². The smallest absolute Gasteiger partial charge is 0.0353 e. The molecule has 0 aliphatic heterocycles. The van der Waals surface area contributed by atoms with Crippen LogP contribution in [0, 0.1) is 13.8 Å². The van der Waals surface area contributed by atoms with Crippen LogP contribution in [-0.2, 0) is 5.41 Å². The van der Waals surface area contributed by atoms with E-state index in [1.54, 1.807) is 0 Å². The lowest BCUT2D eigenvalue weighted by molar-refractivity contribution is 0.660. The molecule has 1 nitrogen and oxygen atoms in total. The largest absolute Gasteiger partial charge is 0.264 e. The van der Waals surface area contributed by atoms with Gasteiger partial charge in [0.15, 0.2) is 0 Å². The third-order valence-corrected chi connectivity index (χ3v) is 9.51. The zero-order chi connectivity index (χ0) is 26.0. The van der Waals surface area contributed by atoms with E-state index in [4.69, 9.17) is 0 Å². The number of hydrogen-bond donors (Lipinski definition) is 0. The Hall–Kier alpha value is -3.88. The summed E-state index contributed by atoms with van der Waals surface area (Å²) in [5, 5.41) is 5.01. The summed E-state index contributed by atoms with van der Waals surface area (Å²) in [4.78, 5) is 7.20. The van der Waals surface area contributed by atoms with E-state index < -0.39 is 0 Å². The lowest BCUT2D eigenvalue weighted by atomic mass is 9.81. The number of rotatable bonds is 3. The topological polar surface area (TPSA) is 12.9 Å². The lowest BCUT2D eigenvalue weighted by Crippen LogP contribution is -2.14. The van der Waals surface area contributed by atoms with Gasteiger partial charge in [0.1, 0.15) is 0 Å². The van der Waals surface area contributed by atoms with E-state index >= 15 is 0 Å². The molecule has 38 heavy (non-hydrogen) atoms. The lowest BCUT2D eigenvalue weighted by Gasteiger charge is -2.23. The summed E-state index contributed by atoms with van der Waals surface area (Å²) >= 11 is 1.87. The van der Waals surface area contributed by atoms with Crippen LogP contribution in [0.1, 0.15) is 36.1 Å². The van der Waals surface area contributed by atoms with E-state index in [1.807, 2.05) is 18.0 Å². The highest BCUT2D eigenvalue weighted by molar-refractivity contribution is 7.99. The molecule has 6 aromatic rings. The van der Waals surface area contributed by atoms with Gasteiger partial charge >= 0.3 is 0 Å². The molecule has 1 heterocycles. The van der Waals surface area contributed by atoms with Crippen molar-refractivity contribution in [3.63, 3.8) is 0 Å². The molecule has 1 aliphatic rings. The molecular formula is C36H29NS. The Morgan fingerprint density at radius 3 is 2.24 bits per heavy atom. The molecular weight excluding hydrogens is 478 g/mol. The standard InChI is InChI=1S/C36H29NS/c1-22-13-16-33(23(2)19-22)38-35-28-11-6-5-10-27(28)34(30-21-37-18-17-29(30)35)24-14-15-26-25-9-7-8-12-31(25)36(3,4)32(26)20-24/h5-21H,1-4H3. The summed E-state index contributed by atoms with van der Waals surface area (Å²) in [7, 11) is 0. The van der Waals surface area contributed by atoms with Crippen LogP contribution >= 0.6 is 11.8 Å². The molecule has 0 fully saturated rings. The maximum atomic E-state index is 4.61. The number of aryl methyl sites for hydroxylation is 2. The number of aromatic nitrogens is 1. The Morgan fingerprint density at radius 1 is 0.658 bits per heavy atom. The second-order valence-corrected chi connectivity index (χ2v) is 12.0. The third-order valence-electron chi connectivity index (χ3n) is 8.19. The van der Waals surface area contributed by atoms with Gasteiger partial charge in [-0.25, -0.2) is 0 Å². The normalized spacial score (nSPS) is 13.6. The Labute approximate surface area is 228 Å². The highest BCUT2D eigenvalue weighted by Crippen LogP contribution is 2.51. The van der Waals surface area contributed by atoms with Gasteiger partial charge in [0.2, 0.25) is 0 Å². The summed E-state index contributed by atoms with van der Waals surface area (Å²) in [6.07, 6.45) is 3.98. The minimum absolute atomic E-state index is 0.0371. The average Bonchev–Trinajstić information content (AvgIpc) is 3.16. The van der Waals surface area contributed by atoms with Crippen LogP contribution in [0.25, 0.3) is 43.8 Å². The molecule has 184 valence electrons. The molecule has 0 unspecified atom stereocenters. The van der Waals surface area contributed by atoms with Gasteiger partial charge in [-0.15, -0.1) is 0 Å². The van der Waals surface area contributed by atoms with Crippen LogP contribution in [0.15, 0.2) is 113 Å². The highest BCUT2D eigenvalue weighted by Gasteiger charge is 2.35. The quantitative estimate of drug-likeness (QED) is 0.221. The van der Waals surface area contributed by atoms with Gasteiger partial charge in [-0.3, -0.25) is 4.98 Å². The first-order valence-electron chi connectivity index (χ1n) is 13.2. The van der Waals surface area contributed by atoms with E-state index in [-0.39, 0.29) is 5.41 Å². The van der Waals surface area contributed by atoms with Crippen molar-refractivity contribution < 1.29 is 0 Å². The molecule has 0 saturated heterocycles. The predicted molar refractivity (Wildman–Crippen MR) is 162 cm³/mol. The Kier molecular flexibility index (Phi) is 5.25. The number of hydrogen-bond acceptors (Lipinski definition) is 2. The zero-order valence-electron chi connectivity index (χ0n) is 22.2. The van der Waals surface area contributed by atoms with Crippen LogP contribution in [0.3, 0.4) is 0 Å². The van der Waals surface area contributed by atoms with Crippen LogP contribution < -0.4 is 0 Å². The highest BCUT2D eigenvalue weighted by atomic mass is 32.2. The molecule has 5 aromatic carbocycles. The average molecular weight is 508 g/mol. The molecule has 1 aromatic heterocycles. The van der Waals surface area contributed by atoms with Gasteiger partial charge in [-0.2, -0.15) is 0 Å². The molecule has 0 atom stereocenters. The SMILES string of the molecule is Cc1ccc(Sc2c3ccccc3c(-c3ccc4c(c3)C(C)(C)c3ccccc3-4)c3cnccc23)c(C)c1. The van der Waals surface area contributed by atoms with Crippen LogP contribution in [0.4, 0.5) is 0 Å². The molecule has 0 amide bonds. The van der Waals surface area contributed by atoms with Crippen LogP contribution in [0.2, 0.25) is 0 Å². The monoisotopic (exact) mass is 507 g/mol. The molecule has 2 heteroatoms. The summed E-state index contributed by atoms with van der Waals surface area (Å²) in [5.41, 5.74) is 10.6. The Morgan fingerprint density at radius 2 is 1.39 bits per heavy atom. The van der Waals surface area contributed by atoms with Crippen LogP contribution in [0.5, 0.6) is 0 Å². The maximum absolute atomic E-state index is 4.61. The first-order chi connectivity index (χ1) is 18.4. The van der Waals surface area contributed by atoms with Crippen molar-refractivity contribution in [2.45, 2.75) is 42.9 Å². The summed E-state index contributed by atoms with van der Waals surface area (Å²) in [6, 6.07) is 33.7. The minimum atomic E-state index is -0.0371. The van der Waals surface area contributed by atoms with Gasteiger partial charge in [0, 0.05) is 33.0 Å². The second kappa shape index (κ2) is 8.58. The van der Waals surface area contributed by atoms with Gasteiger partial charge < -0.3 is 0 Å². The van der Waals surface area contributed by atoms with Crippen LogP contribution in [-0.4, -0.2) is 4.98 Å². The Bertz CT molecular complexity index is 1840. The molecule has 1 aliphatic carbocycles. The summed E-state index contributed by atoms with van der Waals surface area (Å²) in [6.45, 7) is 9.06. The van der Waals surface area contributed by atoms with Crippen molar-refractivity contribution in [3.05, 3.63) is 126 Å². The molecule has 7 rings (SSSR count). The van der Waals surface area contributed by atoms with Gasteiger partial charge in [-0.05, 0) is 87.1 Å². The van der Waals surface area contributed by atoms with Gasteiger partial charge in [0.25, 0.3) is 0 Å². The maximum Gasteiger partial charge on any atom is 0.0353 e. The zero-order valence-corrected chi connectivity index (χ0v) is 23.0. The Balaban J connectivity index is 1.49. The van der Waals surface area contributed by atoms with Crippen molar-refractivity contribution in [3.8, 4) is 22.3 Å². The first-order valence-corrected chi connectivity index (χ1v) is 14.0. The van der Waals surface area contributed by atoms with Crippen molar-refractivity contribution in [2.24, 2.45) is 0 Å². The summed E-state index contributed by atoms with van der Waals surface area (Å²) < 4.78 is 0. The first kappa shape index (κ1) is 23.3. The fourth-order valence-electron chi connectivity index (χ4n) is 6.29. The predicted octanol–water partition coefficient (Wildman–Crippen LogP) is 10.1. The third kappa shape index (κ3) is 3.44. The van der Waals surface area contributed by atoms with E-state index in [0.29, 0.717) is 0 Å². The molecule has 0 bridgehead atoms. The molecule has 0 spiro atoms. The number of benzene rings is 5. The van der Waals surface area contributed by atoms with Crippen molar-refractivity contribution in [2.75, 3.05) is 0 Å². The summed E-state index contributed by atoms with van der Waals surface area (Å²) in [5.74, 6) is 0. The second-order valence-electron chi connectivity index (χ2n) is 11.0. The number of pyridine rings is 1. The minimum Gasteiger partial charge on any atom is -0.264 e.